The highest BCUT2D eigenvalue weighted by atomic mass is 35.5. The van der Waals surface area contributed by atoms with E-state index in [2.05, 4.69) is 10.2 Å². The molecular weight excluding hydrogens is 305 g/mol. The first-order valence-electron chi connectivity index (χ1n) is 7.46. The molecule has 1 atom stereocenters. The molecule has 1 aliphatic heterocycles. The van der Waals surface area contributed by atoms with E-state index in [1.54, 1.807) is 24.1 Å². The fraction of sp³-hybridized carbons (Fsp3) is 0.562. The minimum atomic E-state index is -0.251. The zero-order chi connectivity index (χ0) is 15.2. The molecule has 0 bridgehead atoms. The number of nitrogens with zero attached hydrogens (tertiary/aromatic N) is 2. The summed E-state index contributed by atoms with van der Waals surface area (Å²) in [6, 6.07) is 6.77. The quantitative estimate of drug-likeness (QED) is 0.896. The summed E-state index contributed by atoms with van der Waals surface area (Å²) >= 11 is 0. The van der Waals surface area contributed by atoms with Crippen LogP contribution in [-0.4, -0.2) is 55.5 Å². The Bertz CT molecular complexity index is 469. The number of hydrogen-bond donors (Lipinski definition) is 1. The molecule has 1 aromatic carbocycles. The number of halogens is 2. The van der Waals surface area contributed by atoms with Crippen LogP contribution in [0.2, 0.25) is 0 Å². The van der Waals surface area contributed by atoms with Crippen LogP contribution in [0.1, 0.15) is 18.4 Å². The second-order valence-electron chi connectivity index (χ2n) is 5.74. The van der Waals surface area contributed by atoms with Gasteiger partial charge in [-0.1, -0.05) is 12.1 Å². The third kappa shape index (κ3) is 5.55. The highest BCUT2D eigenvalue weighted by Crippen LogP contribution is 2.11. The first-order chi connectivity index (χ1) is 10.1. The lowest BCUT2D eigenvalue weighted by Gasteiger charge is -2.33. The smallest absolute Gasteiger partial charge is 0.236 e. The van der Waals surface area contributed by atoms with Gasteiger partial charge in [-0.2, -0.15) is 0 Å². The number of likely N-dealkylation sites (N-methyl/N-ethyl adjacent to an activating group) is 2. The number of rotatable bonds is 5. The zero-order valence-corrected chi connectivity index (χ0v) is 14.0. The van der Waals surface area contributed by atoms with Gasteiger partial charge in [-0.3, -0.25) is 9.69 Å². The highest BCUT2D eigenvalue weighted by Gasteiger charge is 2.21. The van der Waals surface area contributed by atoms with Crippen molar-refractivity contribution >= 4 is 18.3 Å². The fourth-order valence-corrected chi connectivity index (χ4v) is 2.70. The van der Waals surface area contributed by atoms with Crippen molar-refractivity contribution in [2.75, 3.05) is 33.7 Å². The number of likely N-dealkylation sites (tertiary alicyclic amines) is 1. The molecule has 124 valence electrons. The van der Waals surface area contributed by atoms with E-state index < -0.39 is 0 Å². The van der Waals surface area contributed by atoms with Crippen LogP contribution < -0.4 is 5.32 Å². The summed E-state index contributed by atoms with van der Waals surface area (Å²) in [4.78, 5) is 16.2. The Morgan fingerprint density at radius 3 is 2.73 bits per heavy atom. The normalized spacial score (nSPS) is 18.6. The minimum absolute atomic E-state index is 0. The average molecular weight is 330 g/mol. The number of benzene rings is 1. The van der Waals surface area contributed by atoms with Gasteiger partial charge in [0.15, 0.2) is 0 Å². The fourth-order valence-electron chi connectivity index (χ4n) is 2.70. The Morgan fingerprint density at radius 1 is 1.41 bits per heavy atom. The van der Waals surface area contributed by atoms with Gasteiger partial charge in [-0.05, 0) is 44.1 Å². The summed E-state index contributed by atoms with van der Waals surface area (Å²) in [6.45, 7) is 2.87. The second-order valence-corrected chi connectivity index (χ2v) is 5.74. The van der Waals surface area contributed by atoms with Crippen molar-refractivity contribution in [1.82, 2.24) is 15.1 Å². The molecule has 0 aliphatic carbocycles. The molecule has 0 saturated carbocycles. The van der Waals surface area contributed by atoms with Gasteiger partial charge >= 0.3 is 0 Å². The molecule has 1 unspecified atom stereocenters. The van der Waals surface area contributed by atoms with Crippen molar-refractivity contribution in [2.45, 2.75) is 25.4 Å². The van der Waals surface area contributed by atoms with Crippen LogP contribution in [-0.2, 0) is 11.3 Å². The van der Waals surface area contributed by atoms with Crippen molar-refractivity contribution in [2.24, 2.45) is 0 Å². The largest absolute Gasteiger partial charge is 0.340 e. The van der Waals surface area contributed by atoms with E-state index in [9.17, 15) is 9.18 Å². The number of nitrogens with one attached hydrogen (secondary N) is 1. The topological polar surface area (TPSA) is 35.6 Å². The molecule has 1 saturated heterocycles. The maximum atomic E-state index is 12.9. The zero-order valence-electron chi connectivity index (χ0n) is 13.2. The van der Waals surface area contributed by atoms with Crippen LogP contribution in [0.3, 0.4) is 0 Å². The molecule has 6 heteroatoms. The molecule has 0 spiro atoms. The molecule has 1 aromatic rings. The highest BCUT2D eigenvalue weighted by molar-refractivity contribution is 5.85. The Labute approximate surface area is 138 Å². The average Bonchev–Trinajstić information content (AvgIpc) is 2.49. The Morgan fingerprint density at radius 2 is 2.09 bits per heavy atom. The first kappa shape index (κ1) is 18.9. The van der Waals surface area contributed by atoms with E-state index in [0.29, 0.717) is 19.1 Å². The molecular formula is C16H25ClFN3O. The molecule has 4 nitrogen and oxygen atoms in total. The summed E-state index contributed by atoms with van der Waals surface area (Å²) in [7, 11) is 3.77. The third-order valence-electron chi connectivity index (χ3n) is 4.03. The van der Waals surface area contributed by atoms with Crippen molar-refractivity contribution in [1.29, 1.82) is 0 Å². The lowest BCUT2D eigenvalue weighted by Crippen LogP contribution is -2.48. The van der Waals surface area contributed by atoms with Crippen LogP contribution in [0.4, 0.5) is 4.39 Å². The molecule has 1 aliphatic rings. The molecule has 2 rings (SSSR count). The van der Waals surface area contributed by atoms with Gasteiger partial charge in [0.2, 0.25) is 5.91 Å². The van der Waals surface area contributed by atoms with E-state index in [1.807, 2.05) is 7.05 Å². The van der Waals surface area contributed by atoms with Crippen LogP contribution in [0.25, 0.3) is 0 Å². The van der Waals surface area contributed by atoms with Gasteiger partial charge in [0.1, 0.15) is 5.82 Å². The van der Waals surface area contributed by atoms with E-state index in [0.717, 1.165) is 25.1 Å². The predicted molar refractivity (Wildman–Crippen MR) is 88.6 cm³/mol. The maximum Gasteiger partial charge on any atom is 0.236 e. The third-order valence-corrected chi connectivity index (χ3v) is 4.03. The molecule has 0 aromatic heterocycles. The van der Waals surface area contributed by atoms with E-state index >= 15 is 0 Å². The second kappa shape index (κ2) is 9.08. The monoisotopic (exact) mass is 329 g/mol. The van der Waals surface area contributed by atoms with Crippen molar-refractivity contribution in [3.8, 4) is 0 Å². The SMILES string of the molecule is CNC1CCCN(CC(=O)N(C)Cc2ccc(F)cc2)C1.Cl. The Hall–Kier alpha value is -1.17. The number of hydrogen-bond acceptors (Lipinski definition) is 3. The van der Waals surface area contributed by atoms with Crippen molar-refractivity contribution in [3.63, 3.8) is 0 Å². The van der Waals surface area contributed by atoms with Crippen LogP contribution in [0, 0.1) is 5.82 Å². The van der Waals surface area contributed by atoms with Crippen molar-refractivity contribution < 1.29 is 9.18 Å². The van der Waals surface area contributed by atoms with Crippen molar-refractivity contribution in [3.05, 3.63) is 35.6 Å². The maximum absolute atomic E-state index is 12.9. The molecule has 1 amide bonds. The van der Waals surface area contributed by atoms with E-state index in [-0.39, 0.29) is 24.1 Å². The van der Waals surface area contributed by atoms with Gasteiger partial charge in [-0.15, -0.1) is 12.4 Å². The molecule has 1 heterocycles. The van der Waals surface area contributed by atoms with Crippen LogP contribution in [0.15, 0.2) is 24.3 Å². The predicted octanol–water partition coefficient (Wildman–Crippen LogP) is 1.89. The lowest BCUT2D eigenvalue weighted by atomic mass is 10.1. The minimum Gasteiger partial charge on any atom is -0.340 e. The summed E-state index contributed by atoms with van der Waals surface area (Å²) in [6.07, 6.45) is 2.30. The van der Waals surface area contributed by atoms with Gasteiger partial charge in [-0.25, -0.2) is 4.39 Å². The molecule has 22 heavy (non-hydrogen) atoms. The number of carbonyl (C=O) groups is 1. The molecule has 1 fully saturated rings. The van der Waals surface area contributed by atoms with Gasteiger partial charge in [0, 0.05) is 26.2 Å². The standard InChI is InChI=1S/C16H24FN3O.ClH/c1-18-15-4-3-9-20(11-15)12-16(21)19(2)10-13-5-7-14(17)8-6-13;/h5-8,15,18H,3-4,9-12H2,1-2H3;1H. The number of carbonyl (C=O) groups excluding carboxylic acids is 1. The summed E-state index contributed by atoms with van der Waals surface area (Å²) in [5, 5.41) is 3.28. The van der Waals surface area contributed by atoms with Gasteiger partial charge < -0.3 is 10.2 Å². The Kier molecular flexibility index (Phi) is 7.79. The summed E-state index contributed by atoms with van der Waals surface area (Å²) in [5.74, 6) is -0.143. The summed E-state index contributed by atoms with van der Waals surface area (Å²) in [5.41, 5.74) is 0.944. The Balaban J connectivity index is 0.00000242. The summed E-state index contributed by atoms with van der Waals surface area (Å²) < 4.78 is 12.9. The lowest BCUT2D eigenvalue weighted by molar-refractivity contribution is -0.132. The first-order valence-corrected chi connectivity index (χ1v) is 7.46. The molecule has 0 radical (unpaired) electrons. The van der Waals surface area contributed by atoms with Gasteiger partial charge in [0.05, 0.1) is 6.54 Å². The van der Waals surface area contributed by atoms with E-state index in [1.165, 1.54) is 18.6 Å². The van der Waals surface area contributed by atoms with Gasteiger partial charge in [0.25, 0.3) is 0 Å². The molecule has 1 N–H and O–H groups in total. The number of piperidine rings is 1. The van der Waals surface area contributed by atoms with E-state index in [4.69, 9.17) is 0 Å². The van der Waals surface area contributed by atoms with Crippen LogP contribution >= 0.6 is 12.4 Å². The number of amides is 1. The van der Waals surface area contributed by atoms with Crippen LogP contribution in [0.5, 0.6) is 0 Å².